The topological polar surface area (TPSA) is 0 Å². The van der Waals surface area contributed by atoms with Gasteiger partial charge in [0.25, 0.3) is 0 Å². The fourth-order valence-corrected chi connectivity index (χ4v) is 2.73. The van der Waals surface area contributed by atoms with Gasteiger partial charge in [0.05, 0.1) is 0 Å². The number of thioether (sulfide) groups is 1. The minimum Gasteiger partial charge on any atom is -0.130 e. The fourth-order valence-electron chi connectivity index (χ4n) is 0.646. The van der Waals surface area contributed by atoms with Crippen LogP contribution >= 0.6 is 43.6 Å². The van der Waals surface area contributed by atoms with Gasteiger partial charge < -0.3 is 0 Å². The second-order valence-corrected chi connectivity index (χ2v) is 4.52. The van der Waals surface area contributed by atoms with E-state index in [4.69, 9.17) is 0 Å². The maximum absolute atomic E-state index is 3.41. The summed E-state index contributed by atoms with van der Waals surface area (Å²) in [5.41, 5.74) is 0. The van der Waals surface area contributed by atoms with Crippen LogP contribution in [0.5, 0.6) is 0 Å². The molecule has 0 fully saturated rings. The van der Waals surface area contributed by atoms with E-state index in [0.29, 0.717) is 0 Å². The Balaban J connectivity index is 3.06. The molecule has 0 radical (unpaired) electrons. The molecule has 0 atom stereocenters. The van der Waals surface area contributed by atoms with Crippen LogP contribution in [0.1, 0.15) is 0 Å². The first-order valence-corrected chi connectivity index (χ1v) is 5.53. The lowest BCUT2D eigenvalue weighted by Crippen LogP contribution is -1.70. The summed E-state index contributed by atoms with van der Waals surface area (Å²) in [5, 5.41) is 0. The lowest BCUT2D eigenvalue weighted by Gasteiger charge is -1.97. The number of halogens is 2. The van der Waals surface area contributed by atoms with Gasteiger partial charge in [-0.15, -0.1) is 11.8 Å². The quantitative estimate of drug-likeness (QED) is 0.703. The molecule has 0 saturated heterocycles. The van der Waals surface area contributed by atoms with E-state index >= 15 is 0 Å². The molecule has 1 rings (SSSR count). The van der Waals surface area contributed by atoms with E-state index in [0.717, 1.165) is 8.95 Å². The van der Waals surface area contributed by atoms with Crippen LogP contribution in [0.15, 0.2) is 32.0 Å². The van der Waals surface area contributed by atoms with Gasteiger partial charge >= 0.3 is 0 Å². The molecule has 0 bridgehead atoms. The Morgan fingerprint density at radius 1 is 1.10 bits per heavy atom. The third-order valence-electron chi connectivity index (χ3n) is 1.07. The molecule has 54 valence electrons. The van der Waals surface area contributed by atoms with Crippen LogP contribution in [-0.2, 0) is 0 Å². The largest absolute Gasteiger partial charge is 0.130 e. The van der Waals surface area contributed by atoms with Gasteiger partial charge in [0.15, 0.2) is 0 Å². The smallest absolute Gasteiger partial charge is 0.0197 e. The Bertz CT molecular complexity index is 215. The van der Waals surface area contributed by atoms with Crippen molar-refractivity contribution in [2.24, 2.45) is 0 Å². The molecular weight excluding hydrogens is 276 g/mol. The predicted molar refractivity (Wildman–Crippen MR) is 53.6 cm³/mol. The van der Waals surface area contributed by atoms with Crippen molar-refractivity contribution in [3.8, 4) is 0 Å². The third-order valence-corrected chi connectivity index (χ3v) is 2.69. The Morgan fingerprint density at radius 3 is 2.00 bits per heavy atom. The molecule has 0 aliphatic rings. The van der Waals surface area contributed by atoms with Crippen LogP contribution in [0, 0.1) is 0 Å². The van der Waals surface area contributed by atoms with Crippen LogP contribution in [0.25, 0.3) is 0 Å². The standard InChI is InChI=1S/C7H6Br2S/c1-10-7-3-5(8)2-6(9)4-7/h2-4H,1H3. The van der Waals surface area contributed by atoms with Crippen molar-refractivity contribution >= 4 is 43.6 Å². The second-order valence-electron chi connectivity index (χ2n) is 1.81. The van der Waals surface area contributed by atoms with E-state index < -0.39 is 0 Å². The summed E-state index contributed by atoms with van der Waals surface area (Å²) in [7, 11) is 0. The number of rotatable bonds is 1. The first-order valence-electron chi connectivity index (χ1n) is 2.72. The van der Waals surface area contributed by atoms with Crippen molar-refractivity contribution in [2.45, 2.75) is 4.90 Å². The minimum absolute atomic E-state index is 1.12. The Morgan fingerprint density at radius 2 is 1.60 bits per heavy atom. The number of hydrogen-bond donors (Lipinski definition) is 0. The van der Waals surface area contributed by atoms with Crippen molar-refractivity contribution in [1.29, 1.82) is 0 Å². The lowest BCUT2D eigenvalue weighted by atomic mass is 10.4. The maximum atomic E-state index is 3.41. The lowest BCUT2D eigenvalue weighted by molar-refractivity contribution is 1.41. The van der Waals surface area contributed by atoms with Gasteiger partial charge in [0.2, 0.25) is 0 Å². The van der Waals surface area contributed by atoms with Crippen LogP contribution in [0.4, 0.5) is 0 Å². The Labute approximate surface area is 81.7 Å². The van der Waals surface area contributed by atoms with Gasteiger partial charge in [0, 0.05) is 13.8 Å². The Kier molecular flexibility index (Phi) is 3.27. The first-order chi connectivity index (χ1) is 4.72. The van der Waals surface area contributed by atoms with E-state index in [1.165, 1.54) is 4.90 Å². The molecule has 0 N–H and O–H groups in total. The molecule has 0 aliphatic carbocycles. The van der Waals surface area contributed by atoms with Crippen molar-refractivity contribution in [1.82, 2.24) is 0 Å². The van der Waals surface area contributed by atoms with Gasteiger partial charge in [-0.25, -0.2) is 0 Å². The molecule has 1 aromatic carbocycles. The summed E-state index contributed by atoms with van der Waals surface area (Å²) in [5.74, 6) is 0. The third kappa shape index (κ3) is 2.29. The van der Waals surface area contributed by atoms with E-state index in [9.17, 15) is 0 Å². The normalized spacial score (nSPS) is 9.90. The monoisotopic (exact) mass is 280 g/mol. The van der Waals surface area contributed by atoms with Gasteiger partial charge in [0.1, 0.15) is 0 Å². The zero-order chi connectivity index (χ0) is 7.56. The van der Waals surface area contributed by atoms with Crippen molar-refractivity contribution in [3.05, 3.63) is 27.1 Å². The van der Waals surface area contributed by atoms with E-state index in [-0.39, 0.29) is 0 Å². The summed E-state index contributed by atoms with van der Waals surface area (Å²) >= 11 is 8.56. The molecule has 0 aromatic heterocycles. The van der Waals surface area contributed by atoms with E-state index in [1.54, 1.807) is 11.8 Å². The van der Waals surface area contributed by atoms with Gasteiger partial charge in [-0.3, -0.25) is 0 Å². The van der Waals surface area contributed by atoms with Crippen LogP contribution in [-0.4, -0.2) is 6.26 Å². The average molecular weight is 282 g/mol. The van der Waals surface area contributed by atoms with E-state index in [1.807, 2.05) is 6.07 Å². The van der Waals surface area contributed by atoms with Gasteiger partial charge in [-0.1, -0.05) is 31.9 Å². The fraction of sp³-hybridized carbons (Fsp3) is 0.143. The highest BCUT2D eigenvalue weighted by Gasteiger charge is 1.94. The second kappa shape index (κ2) is 3.79. The van der Waals surface area contributed by atoms with Crippen LogP contribution in [0.2, 0.25) is 0 Å². The van der Waals surface area contributed by atoms with Gasteiger partial charge in [-0.2, -0.15) is 0 Å². The zero-order valence-electron chi connectivity index (χ0n) is 5.40. The zero-order valence-corrected chi connectivity index (χ0v) is 9.38. The van der Waals surface area contributed by atoms with Gasteiger partial charge in [-0.05, 0) is 24.5 Å². The molecule has 0 aliphatic heterocycles. The SMILES string of the molecule is CSc1cc(Br)cc(Br)c1. The maximum Gasteiger partial charge on any atom is 0.0197 e. The van der Waals surface area contributed by atoms with Crippen molar-refractivity contribution < 1.29 is 0 Å². The molecule has 3 heteroatoms. The summed E-state index contributed by atoms with van der Waals surface area (Å²) in [6, 6.07) is 6.21. The molecule has 10 heavy (non-hydrogen) atoms. The first kappa shape index (κ1) is 8.62. The van der Waals surface area contributed by atoms with E-state index in [2.05, 4.69) is 50.2 Å². The highest BCUT2D eigenvalue weighted by molar-refractivity contribution is 9.11. The van der Waals surface area contributed by atoms with Crippen molar-refractivity contribution in [3.63, 3.8) is 0 Å². The van der Waals surface area contributed by atoms with Crippen molar-refractivity contribution in [2.75, 3.05) is 6.26 Å². The molecule has 0 heterocycles. The molecular formula is C7H6Br2S. The predicted octanol–water partition coefficient (Wildman–Crippen LogP) is 3.93. The molecule has 0 nitrogen and oxygen atoms in total. The molecule has 0 unspecified atom stereocenters. The molecule has 0 saturated carbocycles. The summed E-state index contributed by atoms with van der Waals surface area (Å²) in [6.45, 7) is 0. The minimum atomic E-state index is 1.12. The Hall–Kier alpha value is 0.530. The highest BCUT2D eigenvalue weighted by atomic mass is 79.9. The summed E-state index contributed by atoms with van der Waals surface area (Å²) < 4.78 is 2.23. The van der Waals surface area contributed by atoms with Crippen LogP contribution in [0.3, 0.4) is 0 Å². The molecule has 1 aromatic rings. The highest BCUT2D eigenvalue weighted by Crippen LogP contribution is 2.25. The average Bonchev–Trinajstić information content (AvgIpc) is 1.85. The van der Waals surface area contributed by atoms with Crippen LogP contribution < -0.4 is 0 Å². The number of benzene rings is 1. The molecule has 0 amide bonds. The summed E-state index contributed by atoms with van der Waals surface area (Å²) in [6.07, 6.45) is 2.06. The number of hydrogen-bond acceptors (Lipinski definition) is 1. The summed E-state index contributed by atoms with van der Waals surface area (Å²) in [4.78, 5) is 1.27. The molecule has 0 spiro atoms.